The fourth-order valence-electron chi connectivity index (χ4n) is 1.95. The summed E-state index contributed by atoms with van der Waals surface area (Å²) < 4.78 is 0. The summed E-state index contributed by atoms with van der Waals surface area (Å²) in [7, 11) is 0. The number of fused-ring (bicyclic) bond motifs is 1. The van der Waals surface area contributed by atoms with E-state index in [1.165, 1.54) is 12.1 Å². The molecule has 0 radical (unpaired) electrons. The molecule has 0 atom stereocenters. The number of rotatable bonds is 1. The topological polar surface area (TPSA) is 20.3 Å². The zero-order chi connectivity index (χ0) is 8.55. The maximum atomic E-state index is 11.2. The van der Waals surface area contributed by atoms with Gasteiger partial charge in [-0.3, -0.25) is 4.79 Å². The highest BCUT2D eigenvalue weighted by molar-refractivity contribution is 5.97. The van der Waals surface area contributed by atoms with Crippen molar-refractivity contribution in [3.05, 3.63) is 23.4 Å². The van der Waals surface area contributed by atoms with Crippen LogP contribution in [-0.2, 0) is 4.79 Å². The van der Waals surface area contributed by atoms with E-state index in [0.29, 0.717) is 0 Å². The number of hydrogen-bond donors (Lipinski definition) is 0. The lowest BCUT2D eigenvalue weighted by Crippen LogP contribution is -2.22. The minimum Gasteiger partial charge on any atom is -0.370 e. The van der Waals surface area contributed by atoms with Gasteiger partial charge in [0, 0.05) is 24.4 Å². The first kappa shape index (κ1) is 7.59. The number of hydrogen-bond acceptors (Lipinski definition) is 2. The van der Waals surface area contributed by atoms with Gasteiger partial charge in [0.15, 0.2) is 5.78 Å². The molecule has 0 aromatic heterocycles. The Balaban J connectivity index is 2.38. The van der Waals surface area contributed by atoms with Gasteiger partial charge in [-0.25, -0.2) is 0 Å². The Morgan fingerprint density at radius 2 is 2.42 bits per heavy atom. The van der Waals surface area contributed by atoms with Crippen LogP contribution >= 0.6 is 0 Å². The average molecular weight is 163 g/mol. The van der Waals surface area contributed by atoms with Crippen LogP contribution in [0.15, 0.2) is 23.4 Å². The first-order valence-corrected chi connectivity index (χ1v) is 4.44. The zero-order valence-corrected chi connectivity index (χ0v) is 7.34. The van der Waals surface area contributed by atoms with Crippen molar-refractivity contribution in [2.24, 2.45) is 0 Å². The molecule has 2 aliphatic heterocycles. The van der Waals surface area contributed by atoms with E-state index in [0.717, 1.165) is 25.1 Å². The number of carbonyl (C=O) groups excluding carboxylic acids is 1. The molecule has 0 aliphatic carbocycles. The van der Waals surface area contributed by atoms with Crippen LogP contribution in [0.5, 0.6) is 0 Å². The third-order valence-electron chi connectivity index (χ3n) is 2.52. The number of carbonyl (C=O) groups is 1. The van der Waals surface area contributed by atoms with E-state index in [-0.39, 0.29) is 5.78 Å². The lowest BCUT2D eigenvalue weighted by atomic mass is 10.1. The lowest BCUT2D eigenvalue weighted by Gasteiger charge is -2.23. The van der Waals surface area contributed by atoms with E-state index in [9.17, 15) is 4.79 Å². The van der Waals surface area contributed by atoms with E-state index >= 15 is 0 Å². The molecule has 12 heavy (non-hydrogen) atoms. The third-order valence-corrected chi connectivity index (χ3v) is 2.52. The fourth-order valence-corrected chi connectivity index (χ4v) is 1.95. The van der Waals surface area contributed by atoms with Crippen molar-refractivity contribution in [3.8, 4) is 0 Å². The second-order valence-corrected chi connectivity index (χ2v) is 3.37. The van der Waals surface area contributed by atoms with Gasteiger partial charge >= 0.3 is 0 Å². The van der Waals surface area contributed by atoms with Gasteiger partial charge in [-0.05, 0) is 19.8 Å². The van der Waals surface area contributed by atoms with E-state index in [1.54, 1.807) is 6.92 Å². The van der Waals surface area contributed by atoms with Gasteiger partial charge in [-0.2, -0.15) is 0 Å². The van der Waals surface area contributed by atoms with Gasteiger partial charge < -0.3 is 4.90 Å². The number of nitrogens with zero attached hydrogens (tertiary/aromatic N) is 1. The Morgan fingerprint density at radius 3 is 3.17 bits per heavy atom. The summed E-state index contributed by atoms with van der Waals surface area (Å²) in [5.74, 6) is 0.202. The van der Waals surface area contributed by atoms with Crippen LogP contribution in [0.4, 0.5) is 0 Å². The Bertz CT molecular complexity index is 276. The van der Waals surface area contributed by atoms with Crippen molar-refractivity contribution in [2.75, 3.05) is 13.1 Å². The molecule has 2 heteroatoms. The molecule has 0 N–H and O–H groups in total. The van der Waals surface area contributed by atoms with Gasteiger partial charge in [0.25, 0.3) is 0 Å². The van der Waals surface area contributed by atoms with Crippen LogP contribution in [0, 0.1) is 0 Å². The molecule has 2 aliphatic rings. The van der Waals surface area contributed by atoms with Crippen molar-refractivity contribution in [1.82, 2.24) is 4.90 Å². The smallest absolute Gasteiger partial charge is 0.161 e. The van der Waals surface area contributed by atoms with Crippen molar-refractivity contribution < 1.29 is 4.79 Å². The van der Waals surface area contributed by atoms with Gasteiger partial charge in [-0.15, -0.1) is 0 Å². The number of ketones is 1. The quantitative estimate of drug-likeness (QED) is 0.583. The Morgan fingerprint density at radius 1 is 1.58 bits per heavy atom. The van der Waals surface area contributed by atoms with Crippen LogP contribution in [0.25, 0.3) is 0 Å². The molecule has 0 saturated carbocycles. The lowest BCUT2D eigenvalue weighted by molar-refractivity contribution is -0.113. The second kappa shape index (κ2) is 2.77. The predicted molar refractivity (Wildman–Crippen MR) is 47.7 cm³/mol. The van der Waals surface area contributed by atoms with Crippen molar-refractivity contribution in [2.45, 2.75) is 19.8 Å². The van der Waals surface area contributed by atoms with Gasteiger partial charge in [0.1, 0.15) is 0 Å². The van der Waals surface area contributed by atoms with Crippen LogP contribution in [0.2, 0.25) is 0 Å². The van der Waals surface area contributed by atoms with Crippen molar-refractivity contribution in [1.29, 1.82) is 0 Å². The minimum absolute atomic E-state index is 0.202. The molecular weight excluding hydrogens is 150 g/mol. The molecule has 0 bridgehead atoms. The van der Waals surface area contributed by atoms with Gasteiger partial charge in [0.05, 0.1) is 0 Å². The van der Waals surface area contributed by atoms with E-state index in [4.69, 9.17) is 0 Å². The molecule has 2 nitrogen and oxygen atoms in total. The Labute approximate surface area is 72.6 Å². The molecule has 2 heterocycles. The zero-order valence-electron chi connectivity index (χ0n) is 7.34. The molecule has 0 amide bonds. The molecule has 0 spiro atoms. The minimum atomic E-state index is 0.202. The maximum Gasteiger partial charge on any atom is 0.161 e. The molecule has 0 aromatic carbocycles. The highest BCUT2D eigenvalue weighted by atomic mass is 16.1. The van der Waals surface area contributed by atoms with Crippen LogP contribution < -0.4 is 0 Å². The SMILES string of the molecule is CC(=O)C1=C2CCCN2CC=C1. The van der Waals surface area contributed by atoms with Gasteiger partial charge in [-0.1, -0.05) is 12.2 Å². The summed E-state index contributed by atoms with van der Waals surface area (Å²) in [6, 6.07) is 0. The Hall–Kier alpha value is -1.05. The first-order valence-electron chi connectivity index (χ1n) is 4.44. The maximum absolute atomic E-state index is 11.2. The highest BCUT2D eigenvalue weighted by Gasteiger charge is 2.22. The molecular formula is C10H13NO. The largest absolute Gasteiger partial charge is 0.370 e. The van der Waals surface area contributed by atoms with Crippen LogP contribution in [0.1, 0.15) is 19.8 Å². The van der Waals surface area contributed by atoms with E-state index in [2.05, 4.69) is 11.0 Å². The summed E-state index contributed by atoms with van der Waals surface area (Å²) in [4.78, 5) is 13.5. The Kier molecular flexibility index (Phi) is 1.75. The summed E-state index contributed by atoms with van der Waals surface area (Å²) in [5.41, 5.74) is 2.20. The molecule has 64 valence electrons. The second-order valence-electron chi connectivity index (χ2n) is 3.37. The first-order chi connectivity index (χ1) is 5.79. The van der Waals surface area contributed by atoms with Crippen molar-refractivity contribution >= 4 is 5.78 Å². The van der Waals surface area contributed by atoms with E-state index < -0.39 is 0 Å². The molecule has 0 unspecified atom stereocenters. The average Bonchev–Trinajstić information content (AvgIpc) is 2.49. The van der Waals surface area contributed by atoms with Crippen molar-refractivity contribution in [3.63, 3.8) is 0 Å². The standard InChI is InChI=1S/C10H13NO/c1-8(12)9-4-2-6-11-7-3-5-10(9)11/h2,4H,3,5-7H2,1H3. The fraction of sp³-hybridized carbons (Fsp3) is 0.500. The summed E-state index contributed by atoms with van der Waals surface area (Å²) >= 11 is 0. The summed E-state index contributed by atoms with van der Waals surface area (Å²) in [6.45, 7) is 3.76. The third kappa shape index (κ3) is 1.07. The number of Topliss-reactive ketones (excluding diaryl/α,β-unsaturated/α-hetero) is 1. The molecule has 1 saturated heterocycles. The molecule has 1 fully saturated rings. The monoisotopic (exact) mass is 163 g/mol. The highest BCUT2D eigenvalue weighted by Crippen LogP contribution is 2.27. The summed E-state index contributed by atoms with van der Waals surface area (Å²) in [5, 5.41) is 0. The summed E-state index contributed by atoms with van der Waals surface area (Å²) in [6.07, 6.45) is 6.33. The molecule has 0 aromatic rings. The predicted octanol–water partition coefficient (Wildman–Crippen LogP) is 1.50. The van der Waals surface area contributed by atoms with Gasteiger partial charge in [0.2, 0.25) is 0 Å². The normalized spacial score (nSPS) is 21.6. The van der Waals surface area contributed by atoms with E-state index in [1.807, 2.05) is 6.08 Å². The number of allylic oxidation sites excluding steroid dienone is 3. The molecule has 2 rings (SSSR count). The van der Waals surface area contributed by atoms with Crippen LogP contribution in [0.3, 0.4) is 0 Å². The van der Waals surface area contributed by atoms with Crippen LogP contribution in [-0.4, -0.2) is 23.8 Å².